The lowest BCUT2D eigenvalue weighted by Gasteiger charge is -2.26. The van der Waals surface area contributed by atoms with Gasteiger partial charge in [-0.25, -0.2) is 0 Å². The van der Waals surface area contributed by atoms with Crippen LogP contribution in [-0.4, -0.2) is 28.4 Å². The monoisotopic (exact) mass is 247 g/mol. The molecule has 0 bridgehead atoms. The largest absolute Gasteiger partial charge is 0.481 e. The first-order chi connectivity index (χ1) is 8.65. The predicted octanol–water partition coefficient (Wildman–Crippen LogP) is 2.07. The number of carbonyl (C=O) groups is 2. The first kappa shape index (κ1) is 12.6. The van der Waals surface area contributed by atoms with Crippen LogP contribution in [-0.2, 0) is 9.59 Å². The Balaban J connectivity index is 2.36. The highest BCUT2D eigenvalue weighted by Crippen LogP contribution is 2.38. The molecular formula is C14H17NO3. The summed E-state index contributed by atoms with van der Waals surface area (Å²) in [7, 11) is 0. The van der Waals surface area contributed by atoms with Crippen molar-refractivity contribution in [3.05, 3.63) is 35.9 Å². The molecule has 1 aliphatic heterocycles. The van der Waals surface area contributed by atoms with Crippen molar-refractivity contribution in [3.8, 4) is 0 Å². The van der Waals surface area contributed by atoms with Gasteiger partial charge in [-0.2, -0.15) is 0 Å². The zero-order valence-electron chi connectivity index (χ0n) is 10.4. The molecule has 1 aliphatic rings. The Hall–Kier alpha value is -1.84. The molecule has 2 atom stereocenters. The van der Waals surface area contributed by atoms with Crippen molar-refractivity contribution in [2.75, 3.05) is 6.54 Å². The average Bonchev–Trinajstić information content (AvgIpc) is 2.69. The number of nitrogens with zero attached hydrogens (tertiary/aromatic N) is 1. The van der Waals surface area contributed by atoms with Crippen molar-refractivity contribution in [1.82, 2.24) is 4.90 Å². The van der Waals surface area contributed by atoms with Gasteiger partial charge in [0, 0.05) is 13.0 Å². The molecule has 1 amide bonds. The second-order valence-electron chi connectivity index (χ2n) is 4.59. The fourth-order valence-corrected chi connectivity index (χ4v) is 2.58. The van der Waals surface area contributed by atoms with E-state index in [1.807, 2.05) is 37.3 Å². The van der Waals surface area contributed by atoms with Crippen molar-refractivity contribution in [1.29, 1.82) is 0 Å². The highest BCUT2D eigenvalue weighted by molar-refractivity contribution is 5.87. The molecule has 1 heterocycles. The van der Waals surface area contributed by atoms with Gasteiger partial charge in [-0.15, -0.1) is 0 Å². The van der Waals surface area contributed by atoms with Crippen LogP contribution in [0.4, 0.5) is 0 Å². The van der Waals surface area contributed by atoms with E-state index in [9.17, 15) is 14.7 Å². The predicted molar refractivity (Wildman–Crippen MR) is 66.9 cm³/mol. The van der Waals surface area contributed by atoms with E-state index in [4.69, 9.17) is 0 Å². The summed E-state index contributed by atoms with van der Waals surface area (Å²) >= 11 is 0. The second kappa shape index (κ2) is 5.21. The Morgan fingerprint density at radius 1 is 1.39 bits per heavy atom. The number of carboxylic acid groups (broad SMARTS) is 1. The van der Waals surface area contributed by atoms with Gasteiger partial charge < -0.3 is 10.0 Å². The molecule has 4 heteroatoms. The highest BCUT2D eigenvalue weighted by atomic mass is 16.4. The molecule has 0 aromatic heterocycles. The van der Waals surface area contributed by atoms with Crippen molar-refractivity contribution in [2.24, 2.45) is 5.92 Å². The van der Waals surface area contributed by atoms with E-state index in [-0.39, 0.29) is 18.4 Å². The third-order valence-electron chi connectivity index (χ3n) is 3.35. The Morgan fingerprint density at radius 2 is 2.06 bits per heavy atom. The molecule has 1 aromatic carbocycles. The molecule has 1 fully saturated rings. The molecule has 18 heavy (non-hydrogen) atoms. The number of hydrogen-bond acceptors (Lipinski definition) is 2. The number of amides is 1. The number of benzene rings is 1. The Bertz CT molecular complexity index is 444. The lowest BCUT2D eigenvalue weighted by molar-refractivity contribution is -0.142. The van der Waals surface area contributed by atoms with Gasteiger partial charge >= 0.3 is 5.97 Å². The lowest BCUT2D eigenvalue weighted by atomic mass is 9.94. The van der Waals surface area contributed by atoms with Crippen LogP contribution in [0.2, 0.25) is 0 Å². The number of aliphatic carboxylic acids is 1. The van der Waals surface area contributed by atoms with Gasteiger partial charge in [-0.1, -0.05) is 37.3 Å². The van der Waals surface area contributed by atoms with Gasteiger partial charge in [0.15, 0.2) is 0 Å². The van der Waals surface area contributed by atoms with Gasteiger partial charge in [0.2, 0.25) is 5.91 Å². The summed E-state index contributed by atoms with van der Waals surface area (Å²) in [6.07, 6.45) is 0.941. The third-order valence-corrected chi connectivity index (χ3v) is 3.35. The van der Waals surface area contributed by atoms with Gasteiger partial charge in [-0.05, 0) is 12.0 Å². The zero-order valence-corrected chi connectivity index (χ0v) is 10.4. The summed E-state index contributed by atoms with van der Waals surface area (Å²) in [5, 5.41) is 9.27. The molecular weight excluding hydrogens is 230 g/mol. The van der Waals surface area contributed by atoms with Crippen LogP contribution < -0.4 is 0 Å². The van der Waals surface area contributed by atoms with E-state index in [2.05, 4.69) is 0 Å². The molecule has 0 aliphatic carbocycles. The van der Waals surface area contributed by atoms with Crippen LogP contribution >= 0.6 is 0 Å². The maximum absolute atomic E-state index is 11.9. The molecule has 96 valence electrons. The summed E-state index contributed by atoms with van der Waals surface area (Å²) < 4.78 is 0. The third kappa shape index (κ3) is 2.23. The molecule has 4 nitrogen and oxygen atoms in total. The van der Waals surface area contributed by atoms with Gasteiger partial charge in [0.1, 0.15) is 0 Å². The van der Waals surface area contributed by atoms with Gasteiger partial charge in [-0.3, -0.25) is 9.59 Å². The molecule has 0 radical (unpaired) electrons. The van der Waals surface area contributed by atoms with Crippen LogP contribution in [0.25, 0.3) is 0 Å². The molecule has 0 saturated carbocycles. The molecule has 1 aromatic rings. The van der Waals surface area contributed by atoms with E-state index in [1.165, 1.54) is 0 Å². The number of likely N-dealkylation sites (tertiary alicyclic amines) is 1. The molecule has 0 spiro atoms. The minimum Gasteiger partial charge on any atom is -0.481 e. The van der Waals surface area contributed by atoms with Crippen molar-refractivity contribution < 1.29 is 14.7 Å². The Kier molecular flexibility index (Phi) is 3.65. The van der Waals surface area contributed by atoms with E-state index in [1.54, 1.807) is 4.90 Å². The maximum Gasteiger partial charge on any atom is 0.309 e. The first-order valence-electron chi connectivity index (χ1n) is 6.22. The maximum atomic E-state index is 11.9. The molecule has 0 unspecified atom stereocenters. The van der Waals surface area contributed by atoms with E-state index in [0.29, 0.717) is 6.54 Å². The quantitative estimate of drug-likeness (QED) is 0.886. The smallest absolute Gasteiger partial charge is 0.309 e. The van der Waals surface area contributed by atoms with Crippen LogP contribution in [0.5, 0.6) is 0 Å². The standard InChI is InChI=1S/C14H17NO3/c1-2-8-15-12(16)9-11(14(17)18)13(15)10-6-4-3-5-7-10/h3-7,11,13H,2,8-9H2,1H3,(H,17,18)/t11-,13+/m0/s1. The minimum absolute atomic E-state index is 0.0573. The Labute approximate surface area is 106 Å². The number of hydrogen-bond donors (Lipinski definition) is 1. The minimum atomic E-state index is -0.893. The van der Waals surface area contributed by atoms with Crippen LogP contribution in [0.1, 0.15) is 31.4 Å². The zero-order chi connectivity index (χ0) is 13.1. The molecule has 1 N–H and O–H groups in total. The van der Waals surface area contributed by atoms with E-state index >= 15 is 0 Å². The SMILES string of the molecule is CCCN1C(=O)C[C@H](C(=O)O)[C@H]1c1ccccc1. The van der Waals surface area contributed by atoms with E-state index < -0.39 is 11.9 Å². The molecule has 1 saturated heterocycles. The normalized spacial score (nSPS) is 23.4. The van der Waals surface area contributed by atoms with Crippen LogP contribution in [0, 0.1) is 5.92 Å². The summed E-state index contributed by atoms with van der Waals surface area (Å²) in [6, 6.07) is 9.10. The van der Waals surface area contributed by atoms with Crippen molar-refractivity contribution >= 4 is 11.9 Å². The fraction of sp³-hybridized carbons (Fsp3) is 0.429. The van der Waals surface area contributed by atoms with E-state index in [0.717, 1.165) is 12.0 Å². The number of rotatable bonds is 4. The second-order valence-corrected chi connectivity index (χ2v) is 4.59. The van der Waals surface area contributed by atoms with Crippen LogP contribution in [0.15, 0.2) is 30.3 Å². The topological polar surface area (TPSA) is 57.6 Å². The highest BCUT2D eigenvalue weighted by Gasteiger charge is 2.43. The number of carbonyl (C=O) groups excluding carboxylic acids is 1. The number of carboxylic acids is 1. The first-order valence-corrected chi connectivity index (χ1v) is 6.22. The van der Waals surface area contributed by atoms with Crippen LogP contribution in [0.3, 0.4) is 0 Å². The fourth-order valence-electron chi connectivity index (χ4n) is 2.58. The average molecular weight is 247 g/mol. The lowest BCUT2D eigenvalue weighted by Crippen LogP contribution is -2.31. The summed E-state index contributed by atoms with van der Waals surface area (Å²) in [5.41, 5.74) is 0.907. The Morgan fingerprint density at radius 3 is 2.61 bits per heavy atom. The van der Waals surface area contributed by atoms with Crippen molar-refractivity contribution in [3.63, 3.8) is 0 Å². The van der Waals surface area contributed by atoms with Gasteiger partial charge in [0.25, 0.3) is 0 Å². The van der Waals surface area contributed by atoms with Crippen molar-refractivity contribution in [2.45, 2.75) is 25.8 Å². The summed E-state index contributed by atoms with van der Waals surface area (Å²) in [5.74, 6) is -1.58. The summed E-state index contributed by atoms with van der Waals surface area (Å²) in [4.78, 5) is 24.9. The summed E-state index contributed by atoms with van der Waals surface area (Å²) in [6.45, 7) is 2.60. The van der Waals surface area contributed by atoms with Gasteiger partial charge in [0.05, 0.1) is 12.0 Å². The molecule has 2 rings (SSSR count).